The number of nitrogens with zero attached hydrogens (tertiary/aromatic N) is 2. The van der Waals surface area contributed by atoms with Gasteiger partial charge in [0.25, 0.3) is 0 Å². The van der Waals surface area contributed by atoms with E-state index in [1.54, 1.807) is 10.8 Å². The van der Waals surface area contributed by atoms with Gasteiger partial charge in [-0.25, -0.2) is 0 Å². The van der Waals surface area contributed by atoms with Crippen LogP contribution < -0.4 is 6.15 Å². The van der Waals surface area contributed by atoms with Crippen LogP contribution in [0.15, 0.2) is 0 Å². The van der Waals surface area contributed by atoms with Crippen molar-refractivity contribution >= 4 is 73.0 Å². The second-order valence-electron chi connectivity index (χ2n) is 0.349. The van der Waals surface area contributed by atoms with E-state index in [4.69, 9.17) is 10.5 Å². The second kappa shape index (κ2) is 15.7. The summed E-state index contributed by atoms with van der Waals surface area (Å²) in [7, 11) is 1.74. The maximum atomic E-state index is 7.74. The van der Waals surface area contributed by atoms with E-state index in [1.165, 1.54) is 0 Å². The minimum absolute atomic E-state index is 0. The zero-order chi connectivity index (χ0) is 4.83. The topological polar surface area (TPSA) is 82.6 Å². The van der Waals surface area contributed by atoms with Gasteiger partial charge in [0.2, 0.25) is 0 Å². The molecule has 0 unspecified atom stereocenters. The molecule has 3 nitrogen and oxygen atoms in total. The van der Waals surface area contributed by atoms with Crippen molar-refractivity contribution < 1.29 is 0 Å². The van der Waals surface area contributed by atoms with Crippen molar-refractivity contribution in [2.24, 2.45) is 0 Å². The van der Waals surface area contributed by atoms with Crippen LogP contribution in [0.25, 0.3) is 0 Å². The molecule has 0 aromatic heterocycles. The summed E-state index contributed by atoms with van der Waals surface area (Å²) in [6, 6.07) is 0. The SMILES string of the molecule is N.N#CSSC#N.[KH]. The van der Waals surface area contributed by atoms with Gasteiger partial charge in [-0.2, -0.15) is 10.5 Å². The van der Waals surface area contributed by atoms with E-state index in [0.29, 0.717) is 0 Å². The van der Waals surface area contributed by atoms with Crippen molar-refractivity contribution in [3.05, 3.63) is 0 Å². The van der Waals surface area contributed by atoms with E-state index in [1.807, 2.05) is 0 Å². The number of hydrogen-bond donors (Lipinski definition) is 1. The van der Waals surface area contributed by atoms with Gasteiger partial charge in [0.05, 0.1) is 0 Å². The normalized spacial score (nSPS) is 4.25. The van der Waals surface area contributed by atoms with Crippen molar-refractivity contribution in [1.82, 2.24) is 6.15 Å². The van der Waals surface area contributed by atoms with Gasteiger partial charge >= 0.3 is 51.4 Å². The first-order chi connectivity index (χ1) is 2.91. The van der Waals surface area contributed by atoms with Crippen LogP contribution in [0.4, 0.5) is 0 Å². The van der Waals surface area contributed by atoms with Gasteiger partial charge in [0.15, 0.2) is 0 Å². The molecule has 0 saturated heterocycles. The average Bonchev–Trinajstić information content (AvgIpc) is 1.61. The number of hydrogen-bond acceptors (Lipinski definition) is 5. The molecule has 0 aliphatic rings. The molecule has 0 aromatic carbocycles. The van der Waals surface area contributed by atoms with Gasteiger partial charge in [-0.1, -0.05) is 0 Å². The molecule has 0 heterocycles. The molecular formula is C2H4KN3S2. The average molecular weight is 173 g/mol. The zero-order valence-electron chi connectivity index (χ0n) is 3.42. The molecule has 0 spiro atoms. The first-order valence-corrected chi connectivity index (χ1v) is 3.17. The molecule has 0 aliphatic carbocycles. The predicted molar refractivity (Wildman–Crippen MR) is 38.6 cm³/mol. The van der Waals surface area contributed by atoms with Crippen LogP contribution in [0.3, 0.4) is 0 Å². The van der Waals surface area contributed by atoms with Crippen LogP contribution in [0.1, 0.15) is 0 Å². The molecule has 40 valence electrons. The van der Waals surface area contributed by atoms with Crippen molar-refractivity contribution in [3.63, 3.8) is 0 Å². The van der Waals surface area contributed by atoms with Gasteiger partial charge in [0.1, 0.15) is 10.8 Å². The van der Waals surface area contributed by atoms with E-state index < -0.39 is 0 Å². The summed E-state index contributed by atoms with van der Waals surface area (Å²) >= 11 is 0. The molecule has 0 fully saturated rings. The molecule has 0 atom stereocenters. The van der Waals surface area contributed by atoms with Crippen LogP contribution in [0.5, 0.6) is 0 Å². The summed E-state index contributed by atoms with van der Waals surface area (Å²) < 4.78 is 0. The van der Waals surface area contributed by atoms with Crippen LogP contribution in [-0.2, 0) is 0 Å². The minimum atomic E-state index is 0. The van der Waals surface area contributed by atoms with E-state index in [0.717, 1.165) is 21.6 Å². The summed E-state index contributed by atoms with van der Waals surface area (Å²) in [5.41, 5.74) is 0. The molecule has 0 aromatic rings. The Hall–Kier alpha value is 1.28. The third kappa shape index (κ3) is 15.7. The van der Waals surface area contributed by atoms with Gasteiger partial charge in [-0.15, -0.1) is 0 Å². The molecule has 8 heavy (non-hydrogen) atoms. The summed E-state index contributed by atoms with van der Waals surface area (Å²) in [4.78, 5) is 0. The van der Waals surface area contributed by atoms with Crippen molar-refractivity contribution in [1.29, 1.82) is 10.5 Å². The third-order valence-electron chi connectivity index (χ3n) is 0.116. The Morgan fingerprint density at radius 2 is 1.25 bits per heavy atom. The molecule has 0 radical (unpaired) electrons. The molecule has 0 amide bonds. The Morgan fingerprint density at radius 1 is 1.00 bits per heavy atom. The van der Waals surface area contributed by atoms with E-state index >= 15 is 0 Å². The Balaban J connectivity index is -0.000000125. The molecule has 0 bridgehead atoms. The summed E-state index contributed by atoms with van der Waals surface area (Å²) in [5.74, 6) is 0. The van der Waals surface area contributed by atoms with E-state index in [-0.39, 0.29) is 57.5 Å². The van der Waals surface area contributed by atoms with Gasteiger partial charge in [0, 0.05) is 21.6 Å². The van der Waals surface area contributed by atoms with Crippen LogP contribution >= 0.6 is 21.6 Å². The summed E-state index contributed by atoms with van der Waals surface area (Å²) in [6.45, 7) is 0. The van der Waals surface area contributed by atoms with Gasteiger partial charge < -0.3 is 6.15 Å². The molecular weight excluding hydrogens is 169 g/mol. The maximum absolute atomic E-state index is 7.74. The molecule has 3 N–H and O–H groups in total. The van der Waals surface area contributed by atoms with E-state index in [2.05, 4.69) is 0 Å². The van der Waals surface area contributed by atoms with Gasteiger partial charge in [-0.3, -0.25) is 0 Å². The number of thiocyanates is 2. The summed E-state index contributed by atoms with van der Waals surface area (Å²) in [6.07, 6.45) is 0. The zero-order valence-corrected chi connectivity index (χ0v) is 5.05. The molecule has 0 rings (SSSR count). The fraction of sp³-hybridized carbons (Fsp3) is 0. The third-order valence-corrected chi connectivity index (χ3v) is 1.05. The Kier molecular flexibility index (Phi) is 31.7. The molecule has 6 heteroatoms. The molecule has 0 saturated carbocycles. The van der Waals surface area contributed by atoms with Crippen molar-refractivity contribution in [3.8, 4) is 10.8 Å². The Labute approximate surface area is 98.6 Å². The quantitative estimate of drug-likeness (QED) is 0.275. The van der Waals surface area contributed by atoms with Crippen LogP contribution in [-0.4, -0.2) is 51.4 Å². The fourth-order valence-electron chi connectivity index (χ4n) is 0.0373. The Morgan fingerprint density at radius 3 is 1.38 bits per heavy atom. The fourth-order valence-corrected chi connectivity index (χ4v) is 0.335. The van der Waals surface area contributed by atoms with Crippen molar-refractivity contribution in [2.45, 2.75) is 0 Å². The summed E-state index contributed by atoms with van der Waals surface area (Å²) in [5, 5.41) is 18.9. The first kappa shape index (κ1) is 16.1. The second-order valence-corrected chi connectivity index (χ2v) is 2.05. The number of nitriles is 2. The van der Waals surface area contributed by atoms with Crippen molar-refractivity contribution in [2.75, 3.05) is 0 Å². The van der Waals surface area contributed by atoms with Gasteiger partial charge in [-0.05, 0) is 0 Å². The number of rotatable bonds is 1. The monoisotopic (exact) mass is 173 g/mol. The van der Waals surface area contributed by atoms with Crippen LogP contribution in [0, 0.1) is 21.3 Å². The molecule has 0 aliphatic heterocycles. The van der Waals surface area contributed by atoms with E-state index in [9.17, 15) is 0 Å². The first-order valence-electron chi connectivity index (χ1n) is 1.02. The Bertz CT molecular complexity index is 88.8. The standard InChI is InChI=1S/C2N2S2.K.H3N.H/c3-1-5-6-2-4;;;/h;;1H3;. The predicted octanol–water partition coefficient (Wildman–Crippen LogP) is 0.843. The van der Waals surface area contributed by atoms with Crippen LogP contribution in [0.2, 0.25) is 0 Å².